The van der Waals surface area contributed by atoms with Crippen molar-refractivity contribution in [3.05, 3.63) is 0 Å². The van der Waals surface area contributed by atoms with Crippen LogP contribution in [0.2, 0.25) is 0 Å². The maximum absolute atomic E-state index is 12.3. The summed E-state index contributed by atoms with van der Waals surface area (Å²) in [6.07, 6.45) is 1.91. The fourth-order valence-electron chi connectivity index (χ4n) is 2.43. The van der Waals surface area contributed by atoms with Crippen molar-refractivity contribution in [3.63, 3.8) is 0 Å². The zero-order valence-electron chi connectivity index (χ0n) is 10.7. The highest BCUT2D eigenvalue weighted by atomic mass is 16.5. The number of barbiturate groups is 1. The largest absolute Gasteiger partial charge is 0.380 e. The van der Waals surface area contributed by atoms with Gasteiger partial charge in [0, 0.05) is 6.61 Å². The molecule has 2 rings (SSSR count). The van der Waals surface area contributed by atoms with Gasteiger partial charge >= 0.3 is 6.03 Å². The molecule has 1 N–H and O–H groups in total. The third kappa shape index (κ3) is 1.80. The summed E-state index contributed by atoms with van der Waals surface area (Å²) in [4.78, 5) is 37.0. The van der Waals surface area contributed by atoms with Crippen LogP contribution in [-0.4, -0.2) is 42.0 Å². The minimum absolute atomic E-state index is 0.292. The molecule has 18 heavy (non-hydrogen) atoms. The number of carbonyl (C=O) groups is 3. The molecule has 4 amide bonds. The number of ether oxygens (including phenoxy) is 1. The monoisotopic (exact) mass is 254 g/mol. The summed E-state index contributed by atoms with van der Waals surface area (Å²) in [5.41, 5.74) is -0.992. The summed E-state index contributed by atoms with van der Waals surface area (Å²) in [6, 6.07) is -0.988. The van der Waals surface area contributed by atoms with Crippen molar-refractivity contribution in [1.29, 1.82) is 0 Å². The first-order valence-electron chi connectivity index (χ1n) is 6.29. The second-order valence-electron chi connectivity index (χ2n) is 4.88. The first-order valence-corrected chi connectivity index (χ1v) is 6.29. The van der Waals surface area contributed by atoms with Crippen molar-refractivity contribution >= 4 is 17.8 Å². The van der Waals surface area contributed by atoms with E-state index < -0.39 is 17.4 Å². The van der Waals surface area contributed by atoms with E-state index in [2.05, 4.69) is 5.32 Å². The van der Waals surface area contributed by atoms with E-state index in [9.17, 15) is 14.4 Å². The Morgan fingerprint density at radius 3 is 2.56 bits per heavy atom. The molecule has 0 radical (unpaired) electrons. The molecule has 1 saturated carbocycles. The number of amides is 4. The zero-order valence-corrected chi connectivity index (χ0v) is 10.7. The van der Waals surface area contributed by atoms with E-state index >= 15 is 0 Å². The van der Waals surface area contributed by atoms with Gasteiger partial charge in [-0.1, -0.05) is 6.42 Å². The van der Waals surface area contributed by atoms with E-state index in [-0.39, 0.29) is 11.9 Å². The Kier molecular flexibility index (Phi) is 3.38. The van der Waals surface area contributed by atoms with Crippen LogP contribution in [0.25, 0.3) is 0 Å². The van der Waals surface area contributed by atoms with Crippen LogP contribution < -0.4 is 5.32 Å². The van der Waals surface area contributed by atoms with Crippen LogP contribution in [0.15, 0.2) is 0 Å². The van der Waals surface area contributed by atoms with Crippen LogP contribution in [0.1, 0.15) is 33.1 Å². The maximum atomic E-state index is 12.3. The molecule has 2 aliphatic rings. The van der Waals surface area contributed by atoms with Crippen LogP contribution in [0, 0.1) is 5.41 Å². The zero-order chi connectivity index (χ0) is 13.3. The maximum Gasteiger partial charge on any atom is 0.331 e. The van der Waals surface area contributed by atoms with E-state index in [0.29, 0.717) is 26.1 Å². The normalized spacial score (nSPS) is 23.9. The van der Waals surface area contributed by atoms with Crippen LogP contribution in [0.3, 0.4) is 0 Å². The molecule has 0 aromatic carbocycles. The molecule has 6 heteroatoms. The fraction of sp³-hybridized carbons (Fsp3) is 0.750. The Labute approximate surface area is 106 Å². The van der Waals surface area contributed by atoms with Crippen molar-refractivity contribution in [2.24, 2.45) is 5.41 Å². The molecule has 6 nitrogen and oxygen atoms in total. The van der Waals surface area contributed by atoms with Crippen molar-refractivity contribution in [2.45, 2.75) is 39.2 Å². The van der Waals surface area contributed by atoms with Crippen molar-refractivity contribution in [2.75, 3.05) is 13.2 Å². The van der Waals surface area contributed by atoms with Gasteiger partial charge in [0.25, 0.3) is 0 Å². The number of urea groups is 1. The summed E-state index contributed by atoms with van der Waals surface area (Å²) >= 11 is 0. The van der Waals surface area contributed by atoms with Gasteiger partial charge < -0.3 is 4.74 Å². The first kappa shape index (κ1) is 13.0. The van der Waals surface area contributed by atoms with Gasteiger partial charge in [-0.15, -0.1) is 0 Å². The second kappa shape index (κ2) is 4.68. The van der Waals surface area contributed by atoms with Crippen LogP contribution in [0.5, 0.6) is 0 Å². The third-order valence-corrected chi connectivity index (χ3v) is 3.71. The molecule has 1 heterocycles. The van der Waals surface area contributed by atoms with Crippen molar-refractivity contribution in [1.82, 2.24) is 10.2 Å². The first-order chi connectivity index (χ1) is 8.53. The summed E-state index contributed by atoms with van der Waals surface area (Å²) in [5.74, 6) is -0.807. The fourth-order valence-corrected chi connectivity index (χ4v) is 2.43. The quantitative estimate of drug-likeness (QED) is 0.748. The number of hydrogen-bond acceptors (Lipinski definition) is 4. The minimum Gasteiger partial charge on any atom is -0.380 e. The van der Waals surface area contributed by atoms with E-state index in [0.717, 1.165) is 11.3 Å². The average molecular weight is 254 g/mol. The summed E-state index contributed by atoms with van der Waals surface area (Å²) in [5, 5.41) is 2.28. The van der Waals surface area contributed by atoms with Gasteiger partial charge in [-0.25, -0.2) is 4.79 Å². The number of nitrogens with one attached hydrogen (secondary N) is 1. The van der Waals surface area contributed by atoms with Crippen molar-refractivity contribution < 1.29 is 19.1 Å². The van der Waals surface area contributed by atoms with E-state index in [1.165, 1.54) is 0 Å². The third-order valence-electron chi connectivity index (χ3n) is 3.71. The van der Waals surface area contributed by atoms with Gasteiger partial charge in [0.2, 0.25) is 11.8 Å². The molecule has 100 valence electrons. The second-order valence-corrected chi connectivity index (χ2v) is 4.88. The highest BCUT2D eigenvalue weighted by Gasteiger charge is 2.58. The Bertz CT molecular complexity index is 390. The van der Waals surface area contributed by atoms with Gasteiger partial charge in [0.05, 0.1) is 12.6 Å². The standard InChI is InChI=1S/C12H18N2O4/c1-3-18-7-8(2)14-10(16)12(5-4-6-12)9(15)13-11(14)17/h8H,3-7H2,1-2H3,(H,13,15,17). The average Bonchev–Trinajstić information content (AvgIpc) is 2.23. The molecule has 0 aromatic rings. The topological polar surface area (TPSA) is 75.7 Å². The number of hydrogen-bond donors (Lipinski definition) is 1. The molecule has 1 atom stereocenters. The van der Waals surface area contributed by atoms with E-state index in [1.54, 1.807) is 6.92 Å². The van der Waals surface area contributed by atoms with Gasteiger partial charge in [0.15, 0.2) is 0 Å². The predicted molar refractivity (Wildman–Crippen MR) is 62.6 cm³/mol. The molecule has 1 unspecified atom stereocenters. The molecule has 1 aliphatic carbocycles. The van der Waals surface area contributed by atoms with Crippen LogP contribution in [0.4, 0.5) is 4.79 Å². The van der Waals surface area contributed by atoms with Crippen molar-refractivity contribution in [3.8, 4) is 0 Å². The predicted octanol–water partition coefficient (Wildman–Crippen LogP) is 0.660. The molecule has 1 spiro atoms. The van der Waals surface area contributed by atoms with Gasteiger partial charge in [-0.3, -0.25) is 19.8 Å². The number of carbonyl (C=O) groups excluding carboxylic acids is 3. The Morgan fingerprint density at radius 2 is 2.06 bits per heavy atom. The minimum atomic E-state index is -0.992. The lowest BCUT2D eigenvalue weighted by molar-refractivity contribution is -0.159. The number of imide groups is 2. The SMILES string of the molecule is CCOCC(C)N1C(=O)NC(=O)C2(CCC2)C1=O. The summed E-state index contributed by atoms with van der Waals surface area (Å²) in [7, 11) is 0. The lowest BCUT2D eigenvalue weighted by atomic mass is 9.66. The Morgan fingerprint density at radius 1 is 1.39 bits per heavy atom. The molecular weight excluding hydrogens is 236 g/mol. The smallest absolute Gasteiger partial charge is 0.331 e. The molecule has 0 bridgehead atoms. The molecule has 1 saturated heterocycles. The molecule has 0 aromatic heterocycles. The van der Waals surface area contributed by atoms with E-state index in [4.69, 9.17) is 4.74 Å². The Balaban J connectivity index is 2.16. The highest BCUT2D eigenvalue weighted by Crippen LogP contribution is 2.44. The van der Waals surface area contributed by atoms with Gasteiger partial charge in [-0.2, -0.15) is 0 Å². The van der Waals surface area contributed by atoms with Crippen LogP contribution in [-0.2, 0) is 14.3 Å². The lowest BCUT2D eigenvalue weighted by Gasteiger charge is -2.46. The molecular formula is C12H18N2O4. The van der Waals surface area contributed by atoms with Crippen LogP contribution >= 0.6 is 0 Å². The number of rotatable bonds is 4. The Hall–Kier alpha value is -1.43. The van der Waals surface area contributed by atoms with Gasteiger partial charge in [0.1, 0.15) is 5.41 Å². The van der Waals surface area contributed by atoms with Gasteiger partial charge in [-0.05, 0) is 26.7 Å². The molecule has 1 aliphatic heterocycles. The summed E-state index contributed by atoms with van der Waals surface area (Å²) in [6.45, 7) is 4.41. The number of nitrogens with zero attached hydrogens (tertiary/aromatic N) is 1. The summed E-state index contributed by atoms with van der Waals surface area (Å²) < 4.78 is 5.23. The lowest BCUT2D eigenvalue weighted by Crippen LogP contribution is -2.68. The van der Waals surface area contributed by atoms with E-state index in [1.807, 2.05) is 6.92 Å². The molecule has 2 fully saturated rings. The highest BCUT2D eigenvalue weighted by molar-refractivity contribution is 6.19.